The highest BCUT2D eigenvalue weighted by atomic mass is 79.9. The van der Waals surface area contributed by atoms with Crippen LogP contribution in [0.1, 0.15) is 10.4 Å². The molecule has 3 nitrogen and oxygen atoms in total. The van der Waals surface area contributed by atoms with Crippen molar-refractivity contribution in [2.75, 3.05) is 13.1 Å². The lowest BCUT2D eigenvalue weighted by molar-refractivity contribution is 0.0924. The number of benzene rings is 1. The van der Waals surface area contributed by atoms with Gasteiger partial charge in [0.1, 0.15) is 0 Å². The molecule has 0 saturated carbocycles. The molecule has 0 unspecified atom stereocenters. The number of amides is 1. The summed E-state index contributed by atoms with van der Waals surface area (Å²) in [7, 11) is 0. The van der Waals surface area contributed by atoms with Crippen LogP contribution in [-0.2, 0) is 0 Å². The van der Waals surface area contributed by atoms with Crippen molar-refractivity contribution >= 4 is 33.4 Å². The number of rotatable bonds is 2. The molecule has 5 heteroatoms. The van der Waals surface area contributed by atoms with Gasteiger partial charge in [0.05, 0.1) is 16.6 Å². The molecule has 1 aliphatic heterocycles. The van der Waals surface area contributed by atoms with E-state index in [1.165, 1.54) is 0 Å². The molecule has 1 aromatic carbocycles. The summed E-state index contributed by atoms with van der Waals surface area (Å²) < 4.78 is 0.739. The van der Waals surface area contributed by atoms with Crippen LogP contribution in [0.2, 0.25) is 5.02 Å². The molecule has 1 aromatic rings. The van der Waals surface area contributed by atoms with E-state index in [0.717, 1.165) is 17.6 Å². The van der Waals surface area contributed by atoms with Crippen molar-refractivity contribution in [3.63, 3.8) is 0 Å². The van der Waals surface area contributed by atoms with Crippen LogP contribution in [0.5, 0.6) is 0 Å². The van der Waals surface area contributed by atoms with Gasteiger partial charge in [-0.3, -0.25) is 4.79 Å². The van der Waals surface area contributed by atoms with Crippen molar-refractivity contribution in [3.8, 4) is 0 Å². The van der Waals surface area contributed by atoms with Crippen LogP contribution >= 0.6 is 27.5 Å². The van der Waals surface area contributed by atoms with Crippen molar-refractivity contribution in [2.24, 2.45) is 0 Å². The molecule has 1 amide bonds. The lowest BCUT2D eigenvalue weighted by Gasteiger charge is -2.28. The average molecular weight is 290 g/mol. The van der Waals surface area contributed by atoms with Gasteiger partial charge in [-0.25, -0.2) is 0 Å². The lowest BCUT2D eigenvalue weighted by Crippen LogP contribution is -2.56. The zero-order valence-electron chi connectivity index (χ0n) is 7.89. The molecule has 1 fully saturated rings. The Balaban J connectivity index is 2.13. The maximum atomic E-state index is 11.8. The second-order valence-electron chi connectivity index (χ2n) is 3.43. The third-order valence-corrected chi connectivity index (χ3v) is 3.61. The Morgan fingerprint density at radius 2 is 2.27 bits per heavy atom. The first-order valence-electron chi connectivity index (χ1n) is 4.64. The Morgan fingerprint density at radius 3 is 2.87 bits per heavy atom. The van der Waals surface area contributed by atoms with E-state index in [1.807, 2.05) is 6.07 Å². The molecule has 0 spiro atoms. The van der Waals surface area contributed by atoms with Crippen molar-refractivity contribution < 1.29 is 4.79 Å². The van der Waals surface area contributed by atoms with Gasteiger partial charge in [-0.05, 0) is 28.1 Å². The number of carbonyl (C=O) groups is 1. The van der Waals surface area contributed by atoms with Gasteiger partial charge in [0.15, 0.2) is 0 Å². The molecule has 80 valence electrons. The summed E-state index contributed by atoms with van der Waals surface area (Å²) in [5, 5.41) is 6.44. The molecule has 2 rings (SSSR count). The zero-order valence-corrected chi connectivity index (χ0v) is 10.2. The van der Waals surface area contributed by atoms with Gasteiger partial charge in [0.2, 0.25) is 0 Å². The molecular formula is C10H10BrClN2O. The van der Waals surface area contributed by atoms with E-state index >= 15 is 0 Å². The minimum absolute atomic E-state index is 0.118. The molecule has 0 aromatic heterocycles. The van der Waals surface area contributed by atoms with Crippen LogP contribution in [0.15, 0.2) is 22.7 Å². The number of hydrogen-bond donors (Lipinski definition) is 2. The SMILES string of the molecule is O=C(NC1CNC1)c1cccc(Br)c1Cl. The van der Waals surface area contributed by atoms with E-state index in [1.54, 1.807) is 12.1 Å². The third-order valence-electron chi connectivity index (χ3n) is 2.31. The summed E-state index contributed by atoms with van der Waals surface area (Å²) in [4.78, 5) is 11.8. The van der Waals surface area contributed by atoms with E-state index < -0.39 is 0 Å². The quantitative estimate of drug-likeness (QED) is 0.872. The summed E-state index contributed by atoms with van der Waals surface area (Å²) >= 11 is 9.30. The predicted molar refractivity (Wildman–Crippen MR) is 63.3 cm³/mol. The zero-order chi connectivity index (χ0) is 10.8. The summed E-state index contributed by atoms with van der Waals surface area (Å²) in [5.41, 5.74) is 0.512. The Labute approximate surface area is 101 Å². The Kier molecular flexibility index (Phi) is 3.29. The molecule has 1 heterocycles. The standard InChI is InChI=1S/C10H10BrClN2O/c11-8-3-1-2-7(9(8)12)10(15)14-6-4-13-5-6/h1-3,6,13H,4-5H2,(H,14,15). The largest absolute Gasteiger partial charge is 0.347 e. The molecule has 15 heavy (non-hydrogen) atoms. The highest BCUT2D eigenvalue weighted by Crippen LogP contribution is 2.25. The minimum atomic E-state index is -0.118. The van der Waals surface area contributed by atoms with Crippen molar-refractivity contribution in [3.05, 3.63) is 33.3 Å². The molecule has 0 atom stereocenters. The van der Waals surface area contributed by atoms with Crippen molar-refractivity contribution in [2.45, 2.75) is 6.04 Å². The molecular weight excluding hydrogens is 279 g/mol. The fourth-order valence-electron chi connectivity index (χ4n) is 1.33. The van der Waals surface area contributed by atoms with Crippen LogP contribution in [0.25, 0.3) is 0 Å². The second kappa shape index (κ2) is 4.51. The average Bonchev–Trinajstić information content (AvgIpc) is 2.15. The maximum Gasteiger partial charge on any atom is 0.253 e. The lowest BCUT2D eigenvalue weighted by atomic mass is 10.1. The van der Waals surface area contributed by atoms with Crippen LogP contribution in [0, 0.1) is 0 Å². The molecule has 0 bridgehead atoms. The first kappa shape index (κ1) is 10.9. The first-order chi connectivity index (χ1) is 7.18. The van der Waals surface area contributed by atoms with E-state index in [4.69, 9.17) is 11.6 Å². The highest BCUT2D eigenvalue weighted by Gasteiger charge is 2.21. The Bertz CT molecular complexity index is 393. The van der Waals surface area contributed by atoms with Gasteiger partial charge < -0.3 is 10.6 Å². The molecule has 1 aliphatic rings. The predicted octanol–water partition coefficient (Wildman–Crippen LogP) is 1.80. The second-order valence-corrected chi connectivity index (χ2v) is 4.66. The summed E-state index contributed by atoms with van der Waals surface area (Å²) in [6, 6.07) is 5.55. The monoisotopic (exact) mass is 288 g/mol. The normalized spacial score (nSPS) is 15.9. The van der Waals surface area contributed by atoms with Crippen LogP contribution < -0.4 is 10.6 Å². The highest BCUT2D eigenvalue weighted by molar-refractivity contribution is 9.10. The number of halogens is 2. The smallest absolute Gasteiger partial charge is 0.253 e. The van der Waals surface area contributed by atoms with Crippen LogP contribution in [-0.4, -0.2) is 25.0 Å². The number of carbonyl (C=O) groups excluding carboxylic acids is 1. The van der Waals surface area contributed by atoms with Gasteiger partial charge in [-0.2, -0.15) is 0 Å². The van der Waals surface area contributed by atoms with Crippen molar-refractivity contribution in [1.82, 2.24) is 10.6 Å². The third kappa shape index (κ3) is 2.33. The number of nitrogens with one attached hydrogen (secondary N) is 2. The maximum absolute atomic E-state index is 11.8. The fourth-order valence-corrected chi connectivity index (χ4v) is 1.91. The van der Waals surface area contributed by atoms with Gasteiger partial charge in [0, 0.05) is 17.6 Å². The molecule has 2 N–H and O–H groups in total. The van der Waals surface area contributed by atoms with Crippen molar-refractivity contribution in [1.29, 1.82) is 0 Å². The number of hydrogen-bond acceptors (Lipinski definition) is 2. The van der Waals surface area contributed by atoms with Gasteiger partial charge in [-0.1, -0.05) is 17.7 Å². The van der Waals surface area contributed by atoms with Gasteiger partial charge in [0.25, 0.3) is 5.91 Å². The summed E-state index contributed by atoms with van der Waals surface area (Å²) in [6.07, 6.45) is 0. The topological polar surface area (TPSA) is 41.1 Å². The van der Waals surface area contributed by atoms with E-state index in [-0.39, 0.29) is 11.9 Å². The van der Waals surface area contributed by atoms with E-state index in [9.17, 15) is 4.79 Å². The Hall–Kier alpha value is -0.580. The summed E-state index contributed by atoms with van der Waals surface area (Å²) in [5.74, 6) is -0.118. The molecule has 0 aliphatic carbocycles. The van der Waals surface area contributed by atoms with E-state index in [2.05, 4.69) is 26.6 Å². The van der Waals surface area contributed by atoms with Crippen LogP contribution in [0.4, 0.5) is 0 Å². The summed E-state index contributed by atoms with van der Waals surface area (Å²) in [6.45, 7) is 1.66. The van der Waals surface area contributed by atoms with E-state index in [0.29, 0.717) is 10.6 Å². The molecule has 0 radical (unpaired) electrons. The first-order valence-corrected chi connectivity index (χ1v) is 5.81. The van der Waals surface area contributed by atoms with Gasteiger partial charge >= 0.3 is 0 Å². The van der Waals surface area contributed by atoms with Gasteiger partial charge in [-0.15, -0.1) is 0 Å². The Morgan fingerprint density at radius 1 is 1.53 bits per heavy atom. The van der Waals surface area contributed by atoms with Crippen LogP contribution in [0.3, 0.4) is 0 Å². The minimum Gasteiger partial charge on any atom is -0.347 e. The molecule has 1 saturated heterocycles. The fraction of sp³-hybridized carbons (Fsp3) is 0.300.